The van der Waals surface area contributed by atoms with E-state index in [1.54, 1.807) is 0 Å². The van der Waals surface area contributed by atoms with Crippen LogP contribution in [0.3, 0.4) is 0 Å². The number of aromatic nitrogens is 2. The third-order valence-electron chi connectivity index (χ3n) is 3.91. The second kappa shape index (κ2) is 4.37. The zero-order valence-electron chi connectivity index (χ0n) is 11.2. The lowest BCUT2D eigenvalue weighted by atomic mass is 10.1. The Labute approximate surface area is 107 Å². The molecule has 0 aliphatic carbocycles. The highest BCUT2D eigenvalue weighted by atomic mass is 15.2. The van der Waals surface area contributed by atoms with E-state index in [9.17, 15) is 0 Å². The van der Waals surface area contributed by atoms with Gasteiger partial charge in [0.2, 0.25) is 0 Å². The Bertz CT molecular complexity index is 572. The Morgan fingerprint density at radius 2 is 2.17 bits per heavy atom. The minimum Gasteiger partial charge on any atom is -0.341 e. The van der Waals surface area contributed by atoms with Crippen LogP contribution in [0, 0.1) is 13.8 Å². The van der Waals surface area contributed by atoms with Gasteiger partial charge in [0, 0.05) is 19.6 Å². The van der Waals surface area contributed by atoms with E-state index in [-0.39, 0.29) is 0 Å². The van der Waals surface area contributed by atoms with Gasteiger partial charge in [0.25, 0.3) is 0 Å². The van der Waals surface area contributed by atoms with Gasteiger partial charge in [-0.3, -0.25) is 0 Å². The highest BCUT2D eigenvalue weighted by Gasteiger charge is 2.21. The van der Waals surface area contributed by atoms with Crippen molar-refractivity contribution in [1.29, 1.82) is 0 Å². The molecule has 4 heteroatoms. The molecule has 1 aromatic heterocycles. The number of hydrogen-bond donors (Lipinski definition) is 2. The summed E-state index contributed by atoms with van der Waals surface area (Å²) in [6, 6.07) is 4.59. The van der Waals surface area contributed by atoms with Crippen molar-refractivity contribution < 1.29 is 0 Å². The lowest BCUT2D eigenvalue weighted by Crippen LogP contribution is -2.44. The maximum Gasteiger partial charge on any atom is 0.125 e. The van der Waals surface area contributed by atoms with Gasteiger partial charge in [-0.15, -0.1) is 0 Å². The predicted molar refractivity (Wildman–Crippen MR) is 73.8 cm³/mol. The van der Waals surface area contributed by atoms with Gasteiger partial charge in [-0.05, 0) is 38.1 Å². The molecule has 4 nitrogen and oxygen atoms in total. The number of piperazine rings is 1. The first kappa shape index (κ1) is 11.7. The van der Waals surface area contributed by atoms with Crippen molar-refractivity contribution >= 4 is 11.0 Å². The van der Waals surface area contributed by atoms with Gasteiger partial charge in [-0.2, -0.15) is 0 Å². The maximum atomic E-state index is 4.79. The molecule has 18 heavy (non-hydrogen) atoms. The largest absolute Gasteiger partial charge is 0.341 e. The number of benzene rings is 1. The first-order valence-electron chi connectivity index (χ1n) is 6.53. The molecular weight excluding hydrogens is 224 g/mol. The van der Waals surface area contributed by atoms with Gasteiger partial charge in [0.05, 0.1) is 17.1 Å². The minimum atomic E-state index is 0.316. The third kappa shape index (κ3) is 1.91. The molecule has 0 bridgehead atoms. The van der Waals surface area contributed by atoms with Crippen molar-refractivity contribution in [3.05, 3.63) is 29.1 Å². The summed E-state index contributed by atoms with van der Waals surface area (Å²) in [4.78, 5) is 10.6. The summed E-state index contributed by atoms with van der Waals surface area (Å²) >= 11 is 0. The van der Waals surface area contributed by atoms with E-state index < -0.39 is 0 Å². The van der Waals surface area contributed by atoms with Gasteiger partial charge in [-0.1, -0.05) is 6.07 Å². The molecule has 2 aromatic rings. The molecule has 1 atom stereocenters. The van der Waals surface area contributed by atoms with Gasteiger partial charge < -0.3 is 15.2 Å². The Morgan fingerprint density at radius 3 is 2.94 bits per heavy atom. The monoisotopic (exact) mass is 244 g/mol. The number of rotatable bonds is 1. The van der Waals surface area contributed by atoms with E-state index in [4.69, 9.17) is 4.98 Å². The van der Waals surface area contributed by atoms with Crippen molar-refractivity contribution in [1.82, 2.24) is 20.2 Å². The predicted octanol–water partition coefficient (Wildman–Crippen LogP) is 1.76. The number of fused-ring (bicyclic) bond motifs is 1. The summed E-state index contributed by atoms with van der Waals surface area (Å²) in [7, 11) is 2.16. The summed E-state index contributed by atoms with van der Waals surface area (Å²) in [5, 5.41) is 3.53. The van der Waals surface area contributed by atoms with E-state index in [1.807, 2.05) is 0 Å². The first-order chi connectivity index (χ1) is 8.65. The van der Waals surface area contributed by atoms with Gasteiger partial charge >= 0.3 is 0 Å². The molecule has 1 aliphatic rings. The van der Waals surface area contributed by atoms with Crippen LogP contribution in [-0.2, 0) is 0 Å². The quantitative estimate of drug-likeness (QED) is 0.803. The summed E-state index contributed by atoms with van der Waals surface area (Å²) in [6.07, 6.45) is 0. The van der Waals surface area contributed by atoms with Gasteiger partial charge in [0.15, 0.2) is 0 Å². The summed E-state index contributed by atoms with van der Waals surface area (Å²) < 4.78 is 0. The lowest BCUT2D eigenvalue weighted by Gasteiger charge is -2.29. The molecule has 0 radical (unpaired) electrons. The Kier molecular flexibility index (Phi) is 2.84. The van der Waals surface area contributed by atoms with Gasteiger partial charge in [0.1, 0.15) is 5.82 Å². The number of nitrogens with one attached hydrogen (secondary N) is 2. The smallest absolute Gasteiger partial charge is 0.125 e. The minimum absolute atomic E-state index is 0.316. The second-order valence-corrected chi connectivity index (χ2v) is 5.29. The van der Waals surface area contributed by atoms with Crippen molar-refractivity contribution in [3.63, 3.8) is 0 Å². The molecule has 96 valence electrons. The maximum absolute atomic E-state index is 4.79. The van der Waals surface area contributed by atoms with Crippen molar-refractivity contribution in [3.8, 4) is 0 Å². The van der Waals surface area contributed by atoms with Crippen LogP contribution in [0.15, 0.2) is 12.1 Å². The average molecular weight is 244 g/mol. The normalized spacial score (nSPS) is 21.6. The number of imidazole rings is 1. The average Bonchev–Trinajstić information content (AvgIpc) is 2.79. The molecule has 0 amide bonds. The number of nitrogens with zero attached hydrogens (tertiary/aromatic N) is 2. The second-order valence-electron chi connectivity index (χ2n) is 5.29. The Balaban J connectivity index is 2.00. The fourth-order valence-corrected chi connectivity index (χ4v) is 2.58. The van der Waals surface area contributed by atoms with E-state index >= 15 is 0 Å². The van der Waals surface area contributed by atoms with E-state index in [0.717, 1.165) is 36.5 Å². The molecule has 0 spiro atoms. The van der Waals surface area contributed by atoms with Crippen molar-refractivity contribution in [2.75, 3.05) is 26.7 Å². The Morgan fingerprint density at radius 1 is 1.33 bits per heavy atom. The molecule has 2 N–H and O–H groups in total. The molecule has 1 aromatic carbocycles. The van der Waals surface area contributed by atoms with E-state index in [0.29, 0.717) is 6.04 Å². The highest BCUT2D eigenvalue weighted by Crippen LogP contribution is 2.22. The standard InChI is InChI=1S/C14H20N4/c1-9-4-5-11-13(10(9)2)17-14(16-11)12-8-18(3)7-6-15-12/h4-5,12,15H,6-8H2,1-3H3,(H,16,17). The topological polar surface area (TPSA) is 44.0 Å². The molecular formula is C14H20N4. The highest BCUT2D eigenvalue weighted by molar-refractivity contribution is 5.79. The molecule has 1 aliphatic heterocycles. The van der Waals surface area contributed by atoms with Crippen LogP contribution in [0.1, 0.15) is 23.0 Å². The number of aryl methyl sites for hydroxylation is 2. The van der Waals surface area contributed by atoms with Crippen LogP contribution in [0.2, 0.25) is 0 Å². The van der Waals surface area contributed by atoms with Crippen LogP contribution in [-0.4, -0.2) is 41.5 Å². The molecule has 1 saturated heterocycles. The third-order valence-corrected chi connectivity index (χ3v) is 3.91. The number of H-pyrrole nitrogens is 1. The van der Waals surface area contributed by atoms with Crippen LogP contribution in [0.25, 0.3) is 11.0 Å². The lowest BCUT2D eigenvalue weighted by molar-refractivity contribution is 0.236. The molecule has 2 heterocycles. The fourth-order valence-electron chi connectivity index (χ4n) is 2.58. The first-order valence-corrected chi connectivity index (χ1v) is 6.53. The number of likely N-dealkylation sites (N-methyl/N-ethyl adjacent to an activating group) is 1. The van der Waals surface area contributed by atoms with Crippen molar-refractivity contribution in [2.45, 2.75) is 19.9 Å². The Hall–Kier alpha value is -1.39. The van der Waals surface area contributed by atoms with Crippen molar-refractivity contribution in [2.24, 2.45) is 0 Å². The summed E-state index contributed by atoms with van der Waals surface area (Å²) in [5.74, 6) is 1.06. The molecule has 1 fully saturated rings. The van der Waals surface area contributed by atoms with Crippen LogP contribution < -0.4 is 5.32 Å². The fraction of sp³-hybridized carbons (Fsp3) is 0.500. The SMILES string of the molecule is Cc1ccc2[nH]c(C3CN(C)CCN3)nc2c1C. The zero-order chi connectivity index (χ0) is 12.7. The van der Waals surface area contributed by atoms with E-state index in [1.165, 1.54) is 11.1 Å². The summed E-state index contributed by atoms with van der Waals surface area (Å²) in [6.45, 7) is 7.42. The number of aromatic amines is 1. The van der Waals surface area contributed by atoms with Crippen LogP contribution >= 0.6 is 0 Å². The summed E-state index contributed by atoms with van der Waals surface area (Å²) in [5.41, 5.74) is 4.83. The van der Waals surface area contributed by atoms with Crippen LogP contribution in [0.4, 0.5) is 0 Å². The molecule has 0 saturated carbocycles. The molecule has 3 rings (SSSR count). The molecule has 1 unspecified atom stereocenters. The number of hydrogen-bond acceptors (Lipinski definition) is 3. The van der Waals surface area contributed by atoms with Crippen LogP contribution in [0.5, 0.6) is 0 Å². The van der Waals surface area contributed by atoms with Gasteiger partial charge in [-0.25, -0.2) is 4.98 Å². The van der Waals surface area contributed by atoms with E-state index in [2.05, 4.69) is 48.2 Å². The zero-order valence-corrected chi connectivity index (χ0v) is 11.2.